The van der Waals surface area contributed by atoms with Crippen LogP contribution in [0, 0.1) is 0 Å². The maximum atomic E-state index is 13.2. The van der Waals surface area contributed by atoms with Crippen LogP contribution in [0.25, 0.3) is 0 Å². The third-order valence-electron chi connectivity index (χ3n) is 11.3. The summed E-state index contributed by atoms with van der Waals surface area (Å²) in [5, 5.41) is 23.8. The Labute approximate surface area is 394 Å². The summed E-state index contributed by atoms with van der Waals surface area (Å²) in [6.45, 7) is 6.18. The van der Waals surface area contributed by atoms with Gasteiger partial charge in [0.15, 0.2) is 0 Å². The second-order valence-electron chi connectivity index (χ2n) is 17.4. The highest BCUT2D eigenvalue weighted by atomic mass is 16.5. The van der Waals surface area contributed by atoms with E-state index in [0.29, 0.717) is 19.3 Å². The molecule has 6 heteroatoms. The molecular formula is C58H97NO5. The van der Waals surface area contributed by atoms with Crippen molar-refractivity contribution in [2.24, 2.45) is 0 Å². The monoisotopic (exact) mass is 888 g/mol. The molecule has 1 amide bonds. The number of esters is 1. The number of hydrogen-bond acceptors (Lipinski definition) is 5. The van der Waals surface area contributed by atoms with Gasteiger partial charge >= 0.3 is 5.97 Å². The van der Waals surface area contributed by atoms with E-state index in [-0.39, 0.29) is 24.9 Å². The SMILES string of the molecule is CC\C=C/C=C/C=C/C=C\C=C\C=C\CCCC(CC(=O)NC(CO)C(O)CCCCCCCCCCCCCCCCCCC)OC(=O)CCCCCCC\C=C/C=C/C=C/CC. The number of unbranched alkanes of at least 4 members (excludes halogenated alkanes) is 22. The fraction of sp³-hybridized carbons (Fsp3) is 0.655. The van der Waals surface area contributed by atoms with E-state index in [4.69, 9.17) is 4.74 Å². The zero-order valence-electron chi connectivity index (χ0n) is 41.4. The van der Waals surface area contributed by atoms with Crippen LogP contribution in [0.15, 0.2) is 109 Å². The highest BCUT2D eigenvalue weighted by molar-refractivity contribution is 5.77. The predicted octanol–water partition coefficient (Wildman–Crippen LogP) is 15.9. The van der Waals surface area contributed by atoms with E-state index < -0.39 is 18.2 Å². The number of amides is 1. The van der Waals surface area contributed by atoms with Crippen molar-refractivity contribution in [3.8, 4) is 0 Å². The number of nitrogens with one attached hydrogen (secondary N) is 1. The van der Waals surface area contributed by atoms with Crippen LogP contribution in [0.1, 0.15) is 220 Å². The van der Waals surface area contributed by atoms with E-state index in [9.17, 15) is 19.8 Å². The molecule has 3 N–H and O–H groups in total. The van der Waals surface area contributed by atoms with Crippen molar-refractivity contribution in [2.75, 3.05) is 6.61 Å². The lowest BCUT2D eigenvalue weighted by Gasteiger charge is -2.24. The zero-order chi connectivity index (χ0) is 46.7. The highest BCUT2D eigenvalue weighted by Crippen LogP contribution is 2.17. The number of hydrogen-bond donors (Lipinski definition) is 3. The topological polar surface area (TPSA) is 95.9 Å². The van der Waals surface area contributed by atoms with Gasteiger partial charge < -0.3 is 20.3 Å². The van der Waals surface area contributed by atoms with Crippen molar-refractivity contribution < 1.29 is 24.5 Å². The molecular weight excluding hydrogens is 791 g/mol. The zero-order valence-corrected chi connectivity index (χ0v) is 41.4. The van der Waals surface area contributed by atoms with Crippen LogP contribution in [0.4, 0.5) is 0 Å². The fourth-order valence-electron chi connectivity index (χ4n) is 7.41. The van der Waals surface area contributed by atoms with E-state index in [1.54, 1.807) is 0 Å². The molecule has 3 atom stereocenters. The van der Waals surface area contributed by atoms with E-state index in [1.807, 2.05) is 60.8 Å². The van der Waals surface area contributed by atoms with Crippen molar-refractivity contribution in [3.63, 3.8) is 0 Å². The summed E-state index contributed by atoms with van der Waals surface area (Å²) in [7, 11) is 0. The Hall–Kier alpha value is -3.48. The smallest absolute Gasteiger partial charge is 0.306 e. The van der Waals surface area contributed by atoms with Crippen molar-refractivity contribution in [1.29, 1.82) is 0 Å². The average Bonchev–Trinajstić information content (AvgIpc) is 3.29. The minimum Gasteiger partial charge on any atom is -0.462 e. The Balaban J connectivity index is 4.70. The maximum absolute atomic E-state index is 13.2. The summed E-state index contributed by atoms with van der Waals surface area (Å²) < 4.78 is 5.88. The van der Waals surface area contributed by atoms with Crippen LogP contribution in [0.2, 0.25) is 0 Å². The molecule has 0 aromatic rings. The molecule has 0 rings (SSSR count). The number of ether oxygens (including phenoxy) is 1. The van der Waals surface area contributed by atoms with Crippen LogP contribution in [-0.2, 0) is 14.3 Å². The Kier molecular flexibility index (Phi) is 47.8. The van der Waals surface area contributed by atoms with E-state index in [2.05, 4.69) is 74.7 Å². The second-order valence-corrected chi connectivity index (χ2v) is 17.4. The van der Waals surface area contributed by atoms with Crippen LogP contribution >= 0.6 is 0 Å². The highest BCUT2D eigenvalue weighted by Gasteiger charge is 2.24. The Morgan fingerprint density at radius 1 is 0.469 bits per heavy atom. The van der Waals surface area contributed by atoms with Crippen molar-refractivity contribution in [1.82, 2.24) is 5.32 Å². The van der Waals surface area contributed by atoms with Crippen molar-refractivity contribution in [3.05, 3.63) is 109 Å². The first-order valence-electron chi connectivity index (χ1n) is 26.2. The summed E-state index contributed by atoms with van der Waals surface area (Å²) in [4.78, 5) is 26.1. The molecule has 64 heavy (non-hydrogen) atoms. The molecule has 0 aromatic heterocycles. The van der Waals surface area contributed by atoms with Crippen LogP contribution in [0.3, 0.4) is 0 Å². The van der Waals surface area contributed by atoms with Crippen LogP contribution < -0.4 is 5.32 Å². The average molecular weight is 888 g/mol. The number of aliphatic hydroxyl groups excluding tert-OH is 2. The van der Waals surface area contributed by atoms with Gasteiger partial charge in [-0.05, 0) is 57.8 Å². The van der Waals surface area contributed by atoms with E-state index in [1.165, 1.54) is 89.9 Å². The van der Waals surface area contributed by atoms with Gasteiger partial charge in [-0.2, -0.15) is 0 Å². The third-order valence-corrected chi connectivity index (χ3v) is 11.3. The quantitative estimate of drug-likeness (QED) is 0.0322. The predicted molar refractivity (Wildman–Crippen MR) is 277 cm³/mol. The van der Waals surface area contributed by atoms with Gasteiger partial charge in [-0.25, -0.2) is 0 Å². The molecule has 6 nitrogen and oxygen atoms in total. The third kappa shape index (κ3) is 45.1. The minimum absolute atomic E-state index is 0.0116. The van der Waals surface area contributed by atoms with Crippen molar-refractivity contribution >= 4 is 11.9 Å². The first-order chi connectivity index (χ1) is 31.5. The molecule has 0 saturated carbocycles. The summed E-state index contributed by atoms with van der Waals surface area (Å²) >= 11 is 0. The molecule has 364 valence electrons. The largest absolute Gasteiger partial charge is 0.462 e. The van der Waals surface area contributed by atoms with Gasteiger partial charge in [-0.15, -0.1) is 0 Å². The summed E-state index contributed by atoms with van der Waals surface area (Å²) in [6.07, 6.45) is 68.7. The van der Waals surface area contributed by atoms with Crippen molar-refractivity contribution in [2.45, 2.75) is 238 Å². The van der Waals surface area contributed by atoms with Gasteiger partial charge in [-0.3, -0.25) is 9.59 Å². The molecule has 0 heterocycles. The lowest BCUT2D eigenvalue weighted by atomic mass is 10.0. The summed E-state index contributed by atoms with van der Waals surface area (Å²) in [5.74, 6) is -0.582. The molecule has 0 saturated heterocycles. The first kappa shape index (κ1) is 60.5. The van der Waals surface area contributed by atoms with E-state index in [0.717, 1.165) is 83.5 Å². The molecule has 0 bridgehead atoms. The number of carbonyl (C=O) groups is 2. The minimum atomic E-state index is -0.819. The fourth-order valence-corrected chi connectivity index (χ4v) is 7.41. The van der Waals surface area contributed by atoms with Gasteiger partial charge in [-0.1, -0.05) is 259 Å². The molecule has 0 radical (unpaired) electrons. The number of carbonyl (C=O) groups excluding carboxylic acids is 2. The maximum Gasteiger partial charge on any atom is 0.306 e. The molecule has 0 fully saturated rings. The lowest BCUT2D eigenvalue weighted by Crippen LogP contribution is -2.46. The second kappa shape index (κ2) is 50.5. The Morgan fingerprint density at radius 2 is 0.859 bits per heavy atom. The van der Waals surface area contributed by atoms with Gasteiger partial charge in [0.25, 0.3) is 0 Å². The molecule has 0 aliphatic heterocycles. The number of aliphatic hydroxyl groups is 2. The Bertz CT molecular complexity index is 1320. The van der Waals surface area contributed by atoms with Crippen LogP contribution in [0.5, 0.6) is 0 Å². The van der Waals surface area contributed by atoms with Gasteiger partial charge in [0.1, 0.15) is 6.10 Å². The molecule has 0 aromatic carbocycles. The standard InChI is InChI=1S/C58H97NO5/c1-4-7-10-13-16-19-22-25-27-28-30-33-35-38-41-44-47-50-56(61)55(53-60)59-57(62)52-54(49-46-43-40-37-34-32-29-26-23-20-17-14-11-8-5-2)64-58(63)51-48-45-42-39-36-31-24-21-18-15-12-9-6-3/h8-9,11-12,14-15,17-18,20-21,23-24,26,29,32,34,37,40,54-56,60-61H,4-7,10,13,16,19,22,25,27-28,30-31,33,35-36,38-39,41-53H2,1-3H3,(H,59,62)/b11-8-,12-9+,17-14+,18-15+,23-20+,24-21-,29-26-,34-32+,40-37+. The molecule has 0 spiro atoms. The summed E-state index contributed by atoms with van der Waals surface area (Å²) in [6, 6.07) is -0.738. The number of rotatable bonds is 45. The molecule has 0 aliphatic carbocycles. The van der Waals surface area contributed by atoms with Gasteiger partial charge in [0.2, 0.25) is 5.91 Å². The molecule has 3 unspecified atom stereocenters. The number of allylic oxidation sites excluding steroid dienone is 18. The van der Waals surface area contributed by atoms with Crippen LogP contribution in [-0.4, -0.2) is 46.9 Å². The summed E-state index contributed by atoms with van der Waals surface area (Å²) in [5.41, 5.74) is 0. The molecule has 0 aliphatic rings. The normalized spacial score (nSPS) is 14.1. The van der Waals surface area contributed by atoms with Gasteiger partial charge in [0, 0.05) is 6.42 Å². The Morgan fingerprint density at radius 3 is 1.31 bits per heavy atom. The lowest BCUT2D eigenvalue weighted by molar-refractivity contribution is -0.151. The van der Waals surface area contributed by atoms with E-state index >= 15 is 0 Å². The first-order valence-corrected chi connectivity index (χ1v) is 26.2. The van der Waals surface area contributed by atoms with Gasteiger partial charge in [0.05, 0.1) is 25.2 Å².